The lowest BCUT2D eigenvalue weighted by Crippen LogP contribution is -2.56. The predicted molar refractivity (Wildman–Crippen MR) is 82.7 cm³/mol. The summed E-state index contributed by atoms with van der Waals surface area (Å²) in [5, 5.41) is 10.6. The van der Waals surface area contributed by atoms with Gasteiger partial charge in [0.1, 0.15) is 11.6 Å². The Morgan fingerprint density at radius 1 is 1.57 bits per heavy atom. The van der Waals surface area contributed by atoms with Crippen molar-refractivity contribution in [3.8, 4) is 6.07 Å². The van der Waals surface area contributed by atoms with Crippen molar-refractivity contribution in [1.29, 1.82) is 5.26 Å². The van der Waals surface area contributed by atoms with Gasteiger partial charge in [-0.2, -0.15) is 5.26 Å². The maximum atomic E-state index is 12.2. The van der Waals surface area contributed by atoms with Gasteiger partial charge in [-0.1, -0.05) is 12.7 Å². The van der Waals surface area contributed by atoms with Gasteiger partial charge in [-0.15, -0.1) is 11.6 Å². The summed E-state index contributed by atoms with van der Waals surface area (Å²) < 4.78 is 1.37. The highest BCUT2D eigenvalue weighted by Crippen LogP contribution is 2.23. The number of carbonyl (C=O) groups excluding carboxylic acids is 1. The molecular formula is C15H16ClN3O2. The Hall–Kier alpha value is -2.06. The SMILES string of the molecule is C=c1/c(=C\C)c(N2CC(C(=O)CCl)C2)c(C#N)c(=O)n1C. The van der Waals surface area contributed by atoms with Crippen LogP contribution in [0, 0.1) is 17.2 Å². The Bertz CT molecular complexity index is 798. The fourth-order valence-electron chi connectivity index (χ4n) is 2.55. The van der Waals surface area contributed by atoms with Crippen LogP contribution in [0.15, 0.2) is 4.79 Å². The van der Waals surface area contributed by atoms with Gasteiger partial charge in [0.05, 0.1) is 17.5 Å². The van der Waals surface area contributed by atoms with Crippen LogP contribution in [0.2, 0.25) is 0 Å². The van der Waals surface area contributed by atoms with Crippen LogP contribution in [0.1, 0.15) is 12.5 Å². The molecule has 0 amide bonds. The minimum absolute atomic E-state index is 0.00644. The number of hydrogen-bond donors (Lipinski definition) is 0. The van der Waals surface area contributed by atoms with Gasteiger partial charge in [0.25, 0.3) is 5.56 Å². The van der Waals surface area contributed by atoms with Crippen LogP contribution in [-0.4, -0.2) is 29.3 Å². The first-order valence-corrected chi connectivity index (χ1v) is 7.11. The van der Waals surface area contributed by atoms with Gasteiger partial charge >= 0.3 is 0 Å². The Kier molecular flexibility index (Phi) is 4.19. The number of alkyl halides is 1. The molecule has 0 unspecified atom stereocenters. The number of halogens is 1. The standard InChI is InChI=1S/C15H16ClN3O2/c1-4-11-9(2)18(3)15(21)12(6-17)14(11)19-7-10(8-19)13(20)5-16/h4,10H,2,5,7-8H2,1,3H3/b11-4+. The summed E-state index contributed by atoms with van der Waals surface area (Å²) in [6.07, 6.45) is 1.83. The van der Waals surface area contributed by atoms with E-state index in [4.69, 9.17) is 11.6 Å². The largest absolute Gasteiger partial charge is 0.368 e. The van der Waals surface area contributed by atoms with Crippen molar-refractivity contribution in [2.24, 2.45) is 13.0 Å². The van der Waals surface area contributed by atoms with Gasteiger partial charge in [-0.25, -0.2) is 0 Å². The number of carbonyl (C=O) groups is 1. The zero-order valence-corrected chi connectivity index (χ0v) is 12.8. The number of rotatable bonds is 3. The summed E-state index contributed by atoms with van der Waals surface area (Å²) in [6.45, 7) is 6.70. The van der Waals surface area contributed by atoms with Gasteiger partial charge in [-0.05, 0) is 6.92 Å². The van der Waals surface area contributed by atoms with Crippen LogP contribution in [0.5, 0.6) is 0 Å². The smallest absolute Gasteiger partial charge is 0.270 e. The van der Waals surface area contributed by atoms with Crippen molar-refractivity contribution in [3.05, 3.63) is 26.5 Å². The molecule has 0 spiro atoms. The summed E-state index contributed by atoms with van der Waals surface area (Å²) in [5.41, 5.74) is 0.303. The molecule has 1 saturated heterocycles. The van der Waals surface area contributed by atoms with E-state index in [0.717, 1.165) is 5.22 Å². The van der Waals surface area contributed by atoms with Crippen molar-refractivity contribution >= 4 is 35.7 Å². The highest BCUT2D eigenvalue weighted by molar-refractivity contribution is 6.28. The number of nitriles is 1. The van der Waals surface area contributed by atoms with Crippen molar-refractivity contribution in [3.63, 3.8) is 0 Å². The number of Topliss-reactive ketones (excluding diaryl/α,β-unsaturated/α-hetero) is 1. The molecule has 110 valence electrons. The molecular weight excluding hydrogens is 290 g/mol. The second kappa shape index (κ2) is 5.74. The minimum Gasteiger partial charge on any atom is -0.368 e. The molecule has 0 radical (unpaired) electrons. The van der Waals surface area contributed by atoms with Gasteiger partial charge in [0.2, 0.25) is 0 Å². The lowest BCUT2D eigenvalue weighted by atomic mass is 9.94. The molecule has 0 aliphatic carbocycles. The average Bonchev–Trinajstić information content (AvgIpc) is 2.43. The van der Waals surface area contributed by atoms with E-state index in [-0.39, 0.29) is 28.7 Å². The molecule has 1 aromatic rings. The van der Waals surface area contributed by atoms with Crippen LogP contribution in [0.3, 0.4) is 0 Å². The number of nitrogens with zero attached hydrogens (tertiary/aromatic N) is 3. The number of hydrogen-bond acceptors (Lipinski definition) is 4. The molecule has 6 heteroatoms. The molecule has 1 fully saturated rings. The van der Waals surface area contributed by atoms with Gasteiger partial charge < -0.3 is 9.47 Å². The minimum atomic E-state index is -0.366. The maximum Gasteiger partial charge on any atom is 0.270 e. The lowest BCUT2D eigenvalue weighted by molar-refractivity contribution is -0.121. The van der Waals surface area contributed by atoms with Crippen LogP contribution in [0.25, 0.3) is 12.7 Å². The Morgan fingerprint density at radius 2 is 2.19 bits per heavy atom. The monoisotopic (exact) mass is 305 g/mol. The second-order valence-electron chi connectivity index (χ2n) is 5.05. The van der Waals surface area contributed by atoms with Crippen LogP contribution in [0.4, 0.5) is 5.69 Å². The molecule has 0 atom stereocenters. The lowest BCUT2D eigenvalue weighted by Gasteiger charge is -2.40. The zero-order valence-electron chi connectivity index (χ0n) is 12.0. The topological polar surface area (TPSA) is 66.1 Å². The molecule has 0 bridgehead atoms. The van der Waals surface area contributed by atoms with Crippen molar-refractivity contribution in [2.45, 2.75) is 6.92 Å². The molecule has 1 aliphatic rings. The quantitative estimate of drug-likeness (QED) is 0.720. The molecule has 0 N–H and O–H groups in total. The van der Waals surface area contributed by atoms with Crippen LogP contribution >= 0.6 is 11.6 Å². The van der Waals surface area contributed by atoms with Gasteiger partial charge in [0, 0.05) is 30.7 Å². The maximum absolute atomic E-state index is 12.2. The average molecular weight is 306 g/mol. The van der Waals surface area contributed by atoms with Crippen molar-refractivity contribution < 1.29 is 4.79 Å². The number of ketones is 1. The van der Waals surface area contributed by atoms with Crippen LogP contribution in [-0.2, 0) is 11.8 Å². The molecule has 1 aliphatic heterocycles. The highest BCUT2D eigenvalue weighted by atomic mass is 35.5. The molecule has 2 heterocycles. The summed E-state index contributed by atoms with van der Waals surface area (Å²) in [5.74, 6) is -0.142. The second-order valence-corrected chi connectivity index (χ2v) is 5.32. The molecule has 0 aromatic carbocycles. The third-order valence-corrected chi connectivity index (χ3v) is 4.17. The van der Waals surface area contributed by atoms with E-state index in [1.807, 2.05) is 24.0 Å². The first-order valence-electron chi connectivity index (χ1n) is 6.58. The molecule has 0 saturated carbocycles. The highest BCUT2D eigenvalue weighted by Gasteiger charge is 2.34. The third-order valence-electron chi connectivity index (χ3n) is 3.91. The zero-order chi connectivity index (χ0) is 15.7. The molecule has 21 heavy (non-hydrogen) atoms. The van der Waals surface area contributed by atoms with E-state index in [1.54, 1.807) is 7.05 Å². The summed E-state index contributed by atoms with van der Waals surface area (Å²) in [4.78, 5) is 25.6. The first-order chi connectivity index (χ1) is 9.96. The van der Waals surface area contributed by atoms with Gasteiger partial charge in [-0.3, -0.25) is 9.59 Å². The number of anilines is 1. The van der Waals surface area contributed by atoms with E-state index in [2.05, 4.69) is 6.58 Å². The fourth-order valence-corrected chi connectivity index (χ4v) is 2.77. The number of aromatic nitrogens is 1. The fraction of sp³-hybridized carbons (Fsp3) is 0.400. The third kappa shape index (κ3) is 2.36. The Morgan fingerprint density at radius 3 is 2.67 bits per heavy atom. The summed E-state index contributed by atoms with van der Waals surface area (Å²) in [7, 11) is 1.60. The summed E-state index contributed by atoms with van der Waals surface area (Å²) in [6, 6.07) is 1.98. The summed E-state index contributed by atoms with van der Waals surface area (Å²) >= 11 is 5.55. The van der Waals surface area contributed by atoms with Gasteiger partial charge in [0.15, 0.2) is 5.78 Å². The van der Waals surface area contributed by atoms with E-state index in [0.29, 0.717) is 24.1 Å². The normalized spacial score (nSPS) is 15.7. The van der Waals surface area contributed by atoms with E-state index < -0.39 is 0 Å². The van der Waals surface area contributed by atoms with E-state index >= 15 is 0 Å². The van der Waals surface area contributed by atoms with Crippen LogP contribution < -0.4 is 21.0 Å². The first kappa shape index (κ1) is 15.3. The van der Waals surface area contributed by atoms with E-state index in [9.17, 15) is 14.9 Å². The Labute approximate surface area is 127 Å². The van der Waals surface area contributed by atoms with Crippen molar-refractivity contribution in [2.75, 3.05) is 23.9 Å². The molecule has 2 rings (SSSR count). The number of pyridine rings is 1. The molecule has 1 aromatic heterocycles. The van der Waals surface area contributed by atoms with E-state index in [1.165, 1.54) is 4.57 Å². The Balaban J connectivity index is 2.57. The predicted octanol–water partition coefficient (Wildman–Crippen LogP) is -0.288. The van der Waals surface area contributed by atoms with Crippen molar-refractivity contribution in [1.82, 2.24) is 4.57 Å². The molecule has 5 nitrogen and oxygen atoms in total.